The van der Waals surface area contributed by atoms with E-state index in [1.807, 2.05) is 72.8 Å². The Bertz CT molecular complexity index is 1100. The number of aryl methyl sites for hydroxylation is 1. The van der Waals surface area contributed by atoms with Gasteiger partial charge in [-0.2, -0.15) is 0 Å². The van der Waals surface area contributed by atoms with Gasteiger partial charge in [0.1, 0.15) is 11.3 Å². The van der Waals surface area contributed by atoms with E-state index in [9.17, 15) is 9.90 Å². The highest BCUT2D eigenvalue weighted by Gasteiger charge is 2.10. The van der Waals surface area contributed by atoms with Gasteiger partial charge in [-0.05, 0) is 47.4 Å². The molecule has 0 aliphatic heterocycles. The highest BCUT2D eigenvalue weighted by molar-refractivity contribution is 5.98. The molecule has 3 nitrogen and oxygen atoms in total. The van der Waals surface area contributed by atoms with Crippen molar-refractivity contribution in [1.82, 2.24) is 4.98 Å². The van der Waals surface area contributed by atoms with E-state index in [4.69, 9.17) is 0 Å². The molecule has 27 heavy (non-hydrogen) atoms. The molecule has 0 aliphatic carbocycles. The zero-order valence-corrected chi connectivity index (χ0v) is 14.8. The lowest BCUT2D eigenvalue weighted by molar-refractivity contribution is 0.0983. The molecular formula is C24H19NO2. The molecule has 3 heteroatoms. The Morgan fingerprint density at radius 1 is 0.852 bits per heavy atom. The molecule has 0 amide bonds. The quantitative estimate of drug-likeness (QED) is 0.487. The Morgan fingerprint density at radius 2 is 1.70 bits per heavy atom. The molecule has 0 spiro atoms. The van der Waals surface area contributed by atoms with Crippen LogP contribution in [0, 0.1) is 0 Å². The molecule has 3 aromatic carbocycles. The summed E-state index contributed by atoms with van der Waals surface area (Å²) in [5.74, 6) is 0.260. The van der Waals surface area contributed by atoms with E-state index < -0.39 is 0 Å². The molecule has 0 bridgehead atoms. The van der Waals surface area contributed by atoms with Gasteiger partial charge in [0, 0.05) is 23.6 Å². The number of hydrogen-bond acceptors (Lipinski definition) is 3. The number of phenolic OH excluding ortho intramolecular Hbond substituents is 1. The highest BCUT2D eigenvalue weighted by atomic mass is 16.3. The van der Waals surface area contributed by atoms with Crippen molar-refractivity contribution in [1.29, 1.82) is 0 Å². The van der Waals surface area contributed by atoms with Gasteiger partial charge in [-0.25, -0.2) is 0 Å². The lowest BCUT2D eigenvalue weighted by Gasteiger charge is -2.08. The highest BCUT2D eigenvalue weighted by Crippen LogP contribution is 2.31. The predicted molar refractivity (Wildman–Crippen MR) is 108 cm³/mol. The number of carbonyl (C=O) groups excluding carboxylic acids is 1. The monoisotopic (exact) mass is 353 g/mol. The molecule has 4 aromatic rings. The lowest BCUT2D eigenvalue weighted by atomic mass is 9.97. The zero-order chi connectivity index (χ0) is 18.6. The van der Waals surface area contributed by atoms with Crippen molar-refractivity contribution in [2.75, 3.05) is 0 Å². The fourth-order valence-corrected chi connectivity index (χ4v) is 3.26. The number of rotatable bonds is 5. The number of benzene rings is 3. The summed E-state index contributed by atoms with van der Waals surface area (Å²) in [5.41, 5.74) is 4.20. The molecule has 1 heterocycles. The summed E-state index contributed by atoms with van der Waals surface area (Å²) in [6.07, 6.45) is 2.86. The van der Waals surface area contributed by atoms with Crippen LogP contribution in [0.4, 0.5) is 0 Å². The fourth-order valence-electron chi connectivity index (χ4n) is 3.26. The molecule has 0 unspecified atom stereocenters. The van der Waals surface area contributed by atoms with Crippen LogP contribution in [0.15, 0.2) is 85.1 Å². The van der Waals surface area contributed by atoms with Crippen LogP contribution in [-0.2, 0) is 6.42 Å². The first-order valence-electron chi connectivity index (χ1n) is 8.96. The van der Waals surface area contributed by atoms with E-state index >= 15 is 0 Å². The van der Waals surface area contributed by atoms with E-state index in [0.717, 1.165) is 28.5 Å². The number of aromatic hydroxyl groups is 1. The molecule has 1 aromatic heterocycles. The van der Waals surface area contributed by atoms with Crippen molar-refractivity contribution >= 4 is 16.7 Å². The van der Waals surface area contributed by atoms with E-state index in [0.29, 0.717) is 17.5 Å². The molecule has 0 atom stereocenters. The van der Waals surface area contributed by atoms with Crippen LogP contribution in [0.25, 0.3) is 22.0 Å². The second kappa shape index (κ2) is 7.42. The first kappa shape index (κ1) is 17.0. The van der Waals surface area contributed by atoms with E-state index in [-0.39, 0.29) is 11.5 Å². The van der Waals surface area contributed by atoms with Gasteiger partial charge < -0.3 is 5.11 Å². The largest absolute Gasteiger partial charge is 0.506 e. The maximum absolute atomic E-state index is 12.6. The fraction of sp³-hybridized carbons (Fsp3) is 0.0833. The first-order chi connectivity index (χ1) is 13.2. The second-order valence-electron chi connectivity index (χ2n) is 6.56. The summed E-state index contributed by atoms with van der Waals surface area (Å²) in [6.45, 7) is 0. The SMILES string of the molecule is O=C(CCc1ccccc1)c1cccc(-c2cc(O)c3ncccc3c2)c1. The summed E-state index contributed by atoms with van der Waals surface area (Å²) in [6, 6.07) is 25.0. The van der Waals surface area contributed by atoms with Crippen molar-refractivity contribution in [3.8, 4) is 16.9 Å². The van der Waals surface area contributed by atoms with Crippen LogP contribution in [0.1, 0.15) is 22.3 Å². The predicted octanol–water partition coefficient (Wildman–Crippen LogP) is 5.42. The van der Waals surface area contributed by atoms with Gasteiger partial charge in [0.25, 0.3) is 0 Å². The first-order valence-corrected chi connectivity index (χ1v) is 8.96. The van der Waals surface area contributed by atoms with Crippen molar-refractivity contribution in [3.63, 3.8) is 0 Å². The van der Waals surface area contributed by atoms with Gasteiger partial charge in [-0.15, -0.1) is 0 Å². The van der Waals surface area contributed by atoms with E-state index in [2.05, 4.69) is 4.98 Å². The van der Waals surface area contributed by atoms with Crippen molar-refractivity contribution < 1.29 is 9.90 Å². The normalized spacial score (nSPS) is 10.8. The summed E-state index contributed by atoms with van der Waals surface area (Å²) in [5, 5.41) is 11.1. The number of pyridine rings is 1. The lowest BCUT2D eigenvalue weighted by Crippen LogP contribution is -2.01. The second-order valence-corrected chi connectivity index (χ2v) is 6.56. The Hall–Kier alpha value is -3.46. The summed E-state index contributed by atoms with van der Waals surface area (Å²) >= 11 is 0. The Kier molecular flexibility index (Phi) is 4.67. The number of ketones is 1. The Labute approximate surface area is 157 Å². The molecular weight excluding hydrogens is 334 g/mol. The van der Waals surface area contributed by atoms with E-state index in [1.165, 1.54) is 0 Å². The molecule has 1 N–H and O–H groups in total. The number of carbonyl (C=O) groups is 1. The Morgan fingerprint density at radius 3 is 2.56 bits per heavy atom. The zero-order valence-electron chi connectivity index (χ0n) is 14.8. The third-order valence-corrected chi connectivity index (χ3v) is 4.69. The van der Waals surface area contributed by atoms with Gasteiger partial charge in [0.15, 0.2) is 5.78 Å². The summed E-state index contributed by atoms with van der Waals surface area (Å²) in [7, 11) is 0. The minimum Gasteiger partial charge on any atom is -0.506 e. The molecule has 0 saturated carbocycles. The molecule has 132 valence electrons. The van der Waals surface area contributed by atoms with Crippen molar-refractivity contribution in [2.24, 2.45) is 0 Å². The number of phenols is 1. The number of hydrogen-bond donors (Lipinski definition) is 1. The van der Waals surface area contributed by atoms with Crippen LogP contribution in [-0.4, -0.2) is 15.9 Å². The number of fused-ring (bicyclic) bond motifs is 1. The average Bonchev–Trinajstić information content (AvgIpc) is 2.73. The molecule has 4 rings (SSSR count). The third-order valence-electron chi connectivity index (χ3n) is 4.69. The van der Waals surface area contributed by atoms with Crippen LogP contribution < -0.4 is 0 Å². The van der Waals surface area contributed by atoms with Crippen molar-refractivity contribution in [2.45, 2.75) is 12.8 Å². The Balaban J connectivity index is 1.60. The third kappa shape index (κ3) is 3.72. The number of nitrogens with zero attached hydrogens (tertiary/aromatic N) is 1. The number of Topliss-reactive ketones (excluding diaryl/α,β-unsaturated/α-hetero) is 1. The van der Waals surface area contributed by atoms with Gasteiger partial charge in [-0.3, -0.25) is 9.78 Å². The summed E-state index contributed by atoms with van der Waals surface area (Å²) in [4.78, 5) is 16.8. The van der Waals surface area contributed by atoms with Gasteiger partial charge in [0.05, 0.1) is 0 Å². The van der Waals surface area contributed by atoms with Crippen LogP contribution in [0.2, 0.25) is 0 Å². The average molecular weight is 353 g/mol. The molecule has 0 radical (unpaired) electrons. The molecule has 0 saturated heterocycles. The van der Waals surface area contributed by atoms with E-state index in [1.54, 1.807) is 12.3 Å². The topological polar surface area (TPSA) is 50.2 Å². The minimum absolute atomic E-state index is 0.118. The standard InChI is InChI=1S/C24H19NO2/c26-22(12-11-17-6-2-1-3-7-17)19-9-4-8-18(14-19)21-15-20-10-5-13-25-24(20)23(27)16-21/h1-10,13-16,27H,11-12H2. The number of aromatic nitrogens is 1. The van der Waals surface area contributed by atoms with Crippen LogP contribution in [0.3, 0.4) is 0 Å². The van der Waals surface area contributed by atoms with Crippen molar-refractivity contribution in [3.05, 3.63) is 96.2 Å². The molecule has 0 aliphatic rings. The maximum atomic E-state index is 12.6. The van der Waals surface area contributed by atoms with Gasteiger partial charge in [0.2, 0.25) is 0 Å². The smallest absolute Gasteiger partial charge is 0.163 e. The maximum Gasteiger partial charge on any atom is 0.163 e. The minimum atomic E-state index is 0.118. The van der Waals surface area contributed by atoms with Crippen LogP contribution >= 0.6 is 0 Å². The summed E-state index contributed by atoms with van der Waals surface area (Å²) < 4.78 is 0. The molecule has 0 fully saturated rings. The van der Waals surface area contributed by atoms with Gasteiger partial charge in [-0.1, -0.05) is 54.6 Å². The van der Waals surface area contributed by atoms with Gasteiger partial charge >= 0.3 is 0 Å². The van der Waals surface area contributed by atoms with Crippen LogP contribution in [0.5, 0.6) is 5.75 Å².